The molecule has 0 spiro atoms. The molecule has 4 heteroatoms. The largest absolute Gasteiger partial charge is 0.466 e. The first-order chi connectivity index (χ1) is 7.13. The molecular formula is C11H16N2O2. The molecule has 1 aromatic heterocycles. The van der Waals surface area contributed by atoms with Crippen LogP contribution in [0.25, 0.3) is 0 Å². The third-order valence-electron chi connectivity index (χ3n) is 1.98. The molecule has 0 radical (unpaired) electrons. The maximum atomic E-state index is 11.2. The third kappa shape index (κ3) is 3.67. The molecular weight excluding hydrogens is 192 g/mol. The molecule has 0 unspecified atom stereocenters. The summed E-state index contributed by atoms with van der Waals surface area (Å²) in [6.07, 6.45) is 0.171. The van der Waals surface area contributed by atoms with Crippen LogP contribution in [0.2, 0.25) is 0 Å². The quantitative estimate of drug-likeness (QED) is 0.758. The highest BCUT2D eigenvalue weighted by Crippen LogP contribution is 2.12. The summed E-state index contributed by atoms with van der Waals surface area (Å²) in [5.74, 6) is -0.284. The molecule has 4 nitrogen and oxygen atoms in total. The van der Waals surface area contributed by atoms with Gasteiger partial charge in [-0.2, -0.15) is 0 Å². The third-order valence-corrected chi connectivity index (χ3v) is 1.98. The second-order valence-electron chi connectivity index (χ2n) is 3.32. The number of aryl methyl sites for hydroxylation is 1. The number of carbonyl (C=O) groups is 1. The number of aromatic nitrogens is 1. The average molecular weight is 208 g/mol. The molecule has 2 N–H and O–H groups in total. The van der Waals surface area contributed by atoms with E-state index in [-0.39, 0.29) is 18.4 Å². The lowest BCUT2D eigenvalue weighted by molar-refractivity contribution is -0.143. The van der Waals surface area contributed by atoms with Gasteiger partial charge in [0.05, 0.1) is 24.8 Å². The van der Waals surface area contributed by atoms with Gasteiger partial charge in [0.1, 0.15) is 0 Å². The zero-order valence-electron chi connectivity index (χ0n) is 9.06. The van der Waals surface area contributed by atoms with Gasteiger partial charge in [0.15, 0.2) is 0 Å². The maximum Gasteiger partial charge on any atom is 0.307 e. The van der Waals surface area contributed by atoms with Crippen molar-refractivity contribution < 1.29 is 9.53 Å². The predicted molar refractivity (Wildman–Crippen MR) is 57.2 cm³/mol. The molecule has 0 amide bonds. The van der Waals surface area contributed by atoms with Gasteiger partial charge < -0.3 is 10.5 Å². The Kier molecular flexibility index (Phi) is 4.24. The van der Waals surface area contributed by atoms with E-state index in [1.54, 1.807) is 6.92 Å². The lowest BCUT2D eigenvalue weighted by atomic mass is 10.1. The van der Waals surface area contributed by atoms with Crippen molar-refractivity contribution in [1.29, 1.82) is 0 Å². The van der Waals surface area contributed by atoms with E-state index in [1.165, 1.54) is 0 Å². The van der Waals surface area contributed by atoms with Crippen LogP contribution in [0.15, 0.2) is 18.2 Å². The minimum atomic E-state index is -0.385. The number of nitrogens with two attached hydrogens (primary N) is 1. The second-order valence-corrected chi connectivity index (χ2v) is 3.32. The van der Waals surface area contributed by atoms with E-state index >= 15 is 0 Å². The summed E-state index contributed by atoms with van der Waals surface area (Å²) in [5, 5.41) is 0. The Hall–Kier alpha value is -1.42. The van der Waals surface area contributed by atoms with Crippen molar-refractivity contribution in [3.63, 3.8) is 0 Å². The number of ether oxygens (including phenoxy) is 1. The Bertz CT molecular complexity index is 339. The highest BCUT2D eigenvalue weighted by atomic mass is 16.5. The molecule has 0 aliphatic carbocycles. The molecule has 1 aromatic rings. The number of hydrogen-bond donors (Lipinski definition) is 1. The second kappa shape index (κ2) is 5.46. The van der Waals surface area contributed by atoms with Gasteiger partial charge in [0.2, 0.25) is 0 Å². The van der Waals surface area contributed by atoms with Crippen LogP contribution in [0, 0.1) is 6.92 Å². The smallest absolute Gasteiger partial charge is 0.307 e. The highest BCUT2D eigenvalue weighted by molar-refractivity contribution is 5.70. The summed E-state index contributed by atoms with van der Waals surface area (Å²) in [4.78, 5) is 15.4. The van der Waals surface area contributed by atoms with E-state index in [1.807, 2.05) is 25.1 Å². The van der Waals surface area contributed by atoms with Gasteiger partial charge in [0.25, 0.3) is 0 Å². The van der Waals surface area contributed by atoms with Gasteiger partial charge in [-0.05, 0) is 26.0 Å². The zero-order valence-corrected chi connectivity index (χ0v) is 9.06. The Labute approximate surface area is 89.5 Å². The molecule has 0 bridgehead atoms. The molecule has 82 valence electrons. The fourth-order valence-electron chi connectivity index (χ4n) is 1.27. The van der Waals surface area contributed by atoms with Crippen molar-refractivity contribution in [1.82, 2.24) is 4.98 Å². The van der Waals surface area contributed by atoms with Crippen LogP contribution in [0.1, 0.15) is 30.8 Å². The van der Waals surface area contributed by atoms with Gasteiger partial charge >= 0.3 is 5.97 Å². The fourth-order valence-corrected chi connectivity index (χ4v) is 1.27. The summed E-state index contributed by atoms with van der Waals surface area (Å²) in [7, 11) is 0. The monoisotopic (exact) mass is 208 g/mol. The van der Waals surface area contributed by atoms with E-state index < -0.39 is 0 Å². The van der Waals surface area contributed by atoms with Crippen LogP contribution in [0.3, 0.4) is 0 Å². The fraction of sp³-hybridized carbons (Fsp3) is 0.455. The predicted octanol–water partition coefficient (Wildman–Crippen LogP) is 1.34. The van der Waals surface area contributed by atoms with E-state index in [0.29, 0.717) is 6.61 Å². The SMILES string of the molecule is CCOC(=O)C[C@@H](N)c1cccc(C)n1. The molecule has 0 saturated heterocycles. The standard InChI is InChI=1S/C11H16N2O2/c1-3-15-11(14)7-9(12)10-6-4-5-8(2)13-10/h4-6,9H,3,7,12H2,1-2H3/t9-/m1/s1. The molecule has 0 saturated carbocycles. The van der Waals surface area contributed by atoms with Crippen molar-refractivity contribution in [3.05, 3.63) is 29.6 Å². The Morgan fingerprint density at radius 1 is 1.60 bits per heavy atom. The van der Waals surface area contributed by atoms with Gasteiger partial charge in [0, 0.05) is 5.69 Å². The highest BCUT2D eigenvalue weighted by Gasteiger charge is 2.13. The molecule has 0 fully saturated rings. The minimum Gasteiger partial charge on any atom is -0.466 e. The first-order valence-electron chi connectivity index (χ1n) is 4.98. The van der Waals surface area contributed by atoms with Crippen molar-refractivity contribution in [2.75, 3.05) is 6.61 Å². The van der Waals surface area contributed by atoms with Crippen molar-refractivity contribution in [2.24, 2.45) is 5.73 Å². The summed E-state index contributed by atoms with van der Waals surface area (Å²) in [6, 6.07) is 5.20. The van der Waals surface area contributed by atoms with Gasteiger partial charge in [-0.15, -0.1) is 0 Å². The summed E-state index contributed by atoms with van der Waals surface area (Å²) in [5.41, 5.74) is 7.45. The van der Waals surface area contributed by atoms with Crippen molar-refractivity contribution in [2.45, 2.75) is 26.3 Å². The molecule has 0 aliphatic heterocycles. The molecule has 0 aliphatic rings. The summed E-state index contributed by atoms with van der Waals surface area (Å²) >= 11 is 0. The first kappa shape index (κ1) is 11.7. The Morgan fingerprint density at radius 2 is 2.33 bits per heavy atom. The van der Waals surface area contributed by atoms with Crippen molar-refractivity contribution in [3.8, 4) is 0 Å². The first-order valence-corrected chi connectivity index (χ1v) is 4.98. The molecule has 15 heavy (non-hydrogen) atoms. The van der Waals surface area contributed by atoms with E-state index in [4.69, 9.17) is 10.5 Å². The average Bonchev–Trinajstić information content (AvgIpc) is 2.18. The maximum absolute atomic E-state index is 11.2. The van der Waals surface area contributed by atoms with E-state index in [9.17, 15) is 4.79 Å². The summed E-state index contributed by atoms with van der Waals surface area (Å²) in [6.45, 7) is 4.04. The number of rotatable bonds is 4. The molecule has 1 rings (SSSR count). The lowest BCUT2D eigenvalue weighted by Gasteiger charge is -2.10. The van der Waals surface area contributed by atoms with Crippen LogP contribution in [0.5, 0.6) is 0 Å². The van der Waals surface area contributed by atoms with Crippen LogP contribution in [-0.4, -0.2) is 17.6 Å². The Balaban J connectivity index is 2.60. The molecule has 1 heterocycles. The minimum absolute atomic E-state index is 0.171. The Morgan fingerprint density at radius 3 is 2.93 bits per heavy atom. The number of carbonyl (C=O) groups excluding carboxylic acids is 1. The van der Waals surface area contributed by atoms with E-state index in [2.05, 4.69) is 4.98 Å². The number of esters is 1. The van der Waals surface area contributed by atoms with Gasteiger partial charge in [-0.25, -0.2) is 0 Å². The lowest BCUT2D eigenvalue weighted by Crippen LogP contribution is -2.18. The van der Waals surface area contributed by atoms with Gasteiger partial charge in [-0.3, -0.25) is 9.78 Å². The topological polar surface area (TPSA) is 65.2 Å². The zero-order chi connectivity index (χ0) is 11.3. The van der Waals surface area contributed by atoms with Crippen LogP contribution < -0.4 is 5.73 Å². The number of hydrogen-bond acceptors (Lipinski definition) is 4. The van der Waals surface area contributed by atoms with E-state index in [0.717, 1.165) is 11.4 Å². The van der Waals surface area contributed by atoms with Crippen LogP contribution in [0.4, 0.5) is 0 Å². The molecule has 0 aromatic carbocycles. The van der Waals surface area contributed by atoms with Gasteiger partial charge in [-0.1, -0.05) is 6.07 Å². The van der Waals surface area contributed by atoms with Crippen LogP contribution >= 0.6 is 0 Å². The van der Waals surface area contributed by atoms with Crippen LogP contribution in [-0.2, 0) is 9.53 Å². The summed E-state index contributed by atoms with van der Waals surface area (Å²) < 4.78 is 4.82. The normalized spacial score (nSPS) is 12.2. The number of nitrogens with zero attached hydrogens (tertiary/aromatic N) is 1. The molecule has 1 atom stereocenters. The number of pyridine rings is 1. The van der Waals surface area contributed by atoms with Crippen molar-refractivity contribution >= 4 is 5.97 Å².